The molecule has 23 heavy (non-hydrogen) atoms. The summed E-state index contributed by atoms with van der Waals surface area (Å²) in [5.74, 6) is 0.659. The van der Waals surface area contributed by atoms with Gasteiger partial charge >= 0.3 is 0 Å². The molecule has 7 heteroatoms. The summed E-state index contributed by atoms with van der Waals surface area (Å²) in [4.78, 5) is 6.58. The smallest absolute Gasteiger partial charge is 0.214 e. The molecule has 0 amide bonds. The highest BCUT2D eigenvalue weighted by atomic mass is 32.2. The van der Waals surface area contributed by atoms with Gasteiger partial charge in [0.25, 0.3) is 0 Å². The van der Waals surface area contributed by atoms with Crippen LogP contribution in [0.15, 0.2) is 18.3 Å². The van der Waals surface area contributed by atoms with Crippen molar-refractivity contribution >= 4 is 10.0 Å². The third kappa shape index (κ3) is 4.65. The molecule has 2 aliphatic rings. The van der Waals surface area contributed by atoms with E-state index in [1.165, 1.54) is 0 Å². The van der Waals surface area contributed by atoms with Gasteiger partial charge in [0.2, 0.25) is 15.9 Å². The van der Waals surface area contributed by atoms with Crippen molar-refractivity contribution in [2.75, 3.05) is 19.7 Å². The molecule has 1 saturated heterocycles. The lowest BCUT2D eigenvalue weighted by Crippen LogP contribution is -2.38. The minimum absolute atomic E-state index is 0.0423. The van der Waals surface area contributed by atoms with Crippen LogP contribution in [-0.2, 0) is 16.6 Å². The van der Waals surface area contributed by atoms with Gasteiger partial charge in [0.1, 0.15) is 0 Å². The minimum atomic E-state index is -3.09. The van der Waals surface area contributed by atoms with Crippen LogP contribution in [0.1, 0.15) is 38.2 Å². The van der Waals surface area contributed by atoms with Crippen molar-refractivity contribution in [3.63, 3.8) is 0 Å². The molecular formula is C16H25N3O3S. The molecule has 1 aromatic heterocycles. The zero-order valence-electron chi connectivity index (χ0n) is 13.6. The van der Waals surface area contributed by atoms with Gasteiger partial charge in [-0.3, -0.25) is 4.90 Å². The van der Waals surface area contributed by atoms with Crippen LogP contribution in [0.2, 0.25) is 0 Å². The van der Waals surface area contributed by atoms with Gasteiger partial charge in [-0.2, -0.15) is 0 Å². The molecule has 0 aromatic carbocycles. The molecule has 1 aliphatic carbocycles. The van der Waals surface area contributed by atoms with Gasteiger partial charge in [-0.15, -0.1) is 0 Å². The first-order valence-electron chi connectivity index (χ1n) is 8.38. The van der Waals surface area contributed by atoms with E-state index in [4.69, 9.17) is 4.74 Å². The van der Waals surface area contributed by atoms with E-state index in [9.17, 15) is 8.42 Å². The lowest BCUT2D eigenvalue weighted by atomic mass is 10.2. The van der Waals surface area contributed by atoms with Crippen molar-refractivity contribution in [3.05, 3.63) is 23.9 Å². The second kappa shape index (κ2) is 7.15. The minimum Gasteiger partial charge on any atom is -0.478 e. The average molecular weight is 339 g/mol. The number of nitrogens with one attached hydrogen (secondary N) is 1. The number of sulfonamides is 1. The van der Waals surface area contributed by atoms with E-state index in [-0.39, 0.29) is 11.3 Å². The van der Waals surface area contributed by atoms with Gasteiger partial charge in [0.05, 0.1) is 11.9 Å². The summed E-state index contributed by atoms with van der Waals surface area (Å²) in [6, 6.07) is 3.97. The molecule has 1 N–H and O–H groups in total. The van der Waals surface area contributed by atoms with Crippen LogP contribution in [0.5, 0.6) is 5.88 Å². The third-order valence-corrected chi connectivity index (χ3v) is 6.24. The molecule has 1 aromatic rings. The van der Waals surface area contributed by atoms with Crippen molar-refractivity contribution in [1.29, 1.82) is 0 Å². The zero-order valence-corrected chi connectivity index (χ0v) is 14.4. The normalized spacial score (nSPS) is 22.4. The molecule has 6 nitrogen and oxygen atoms in total. The van der Waals surface area contributed by atoms with Gasteiger partial charge in [0.15, 0.2) is 0 Å². The second-order valence-corrected chi connectivity index (χ2v) is 8.43. The summed E-state index contributed by atoms with van der Waals surface area (Å²) in [7, 11) is -3.09. The third-order valence-electron chi connectivity index (χ3n) is 4.22. The Morgan fingerprint density at radius 3 is 2.83 bits per heavy atom. The summed E-state index contributed by atoms with van der Waals surface area (Å²) >= 11 is 0. The fourth-order valence-corrected chi connectivity index (χ4v) is 4.44. The van der Waals surface area contributed by atoms with E-state index in [0.717, 1.165) is 50.9 Å². The highest BCUT2D eigenvalue weighted by Crippen LogP contribution is 2.28. The van der Waals surface area contributed by atoms with Crippen LogP contribution in [-0.4, -0.2) is 49.3 Å². The SMILES string of the molecule is CCCOc1ccc(CN2CC[C@H](NS(=O)(=O)C3CC3)C2)cn1. The molecule has 128 valence electrons. The Kier molecular flexibility index (Phi) is 5.18. The number of aromatic nitrogens is 1. The fourth-order valence-electron chi connectivity index (χ4n) is 2.83. The van der Waals surface area contributed by atoms with Crippen molar-refractivity contribution in [2.24, 2.45) is 0 Å². The predicted octanol–water partition coefficient (Wildman–Crippen LogP) is 1.53. The molecule has 0 radical (unpaired) electrons. The molecule has 1 saturated carbocycles. The van der Waals surface area contributed by atoms with E-state index in [1.54, 1.807) is 0 Å². The zero-order chi connectivity index (χ0) is 16.3. The van der Waals surface area contributed by atoms with E-state index in [2.05, 4.69) is 21.5 Å². The van der Waals surface area contributed by atoms with Crippen molar-refractivity contribution in [2.45, 2.75) is 50.4 Å². The molecule has 3 rings (SSSR count). The van der Waals surface area contributed by atoms with Gasteiger partial charge in [-0.1, -0.05) is 13.0 Å². The Morgan fingerprint density at radius 2 is 2.17 bits per heavy atom. The molecule has 1 aliphatic heterocycles. The molecular weight excluding hydrogens is 314 g/mol. The maximum atomic E-state index is 12.0. The average Bonchev–Trinajstić information content (AvgIpc) is 3.31. The maximum Gasteiger partial charge on any atom is 0.214 e. The van der Waals surface area contributed by atoms with Crippen molar-refractivity contribution in [1.82, 2.24) is 14.6 Å². The molecule has 2 heterocycles. The lowest BCUT2D eigenvalue weighted by molar-refractivity contribution is 0.303. The molecule has 0 unspecified atom stereocenters. The molecule has 2 fully saturated rings. The maximum absolute atomic E-state index is 12.0. The Morgan fingerprint density at radius 1 is 1.35 bits per heavy atom. The van der Waals surface area contributed by atoms with Gasteiger partial charge < -0.3 is 4.74 Å². The van der Waals surface area contributed by atoms with Crippen LogP contribution in [0.4, 0.5) is 0 Å². The molecule has 1 atom stereocenters. The summed E-state index contributed by atoms with van der Waals surface area (Å²) in [5, 5.41) is -0.142. The first-order valence-corrected chi connectivity index (χ1v) is 9.92. The molecule has 0 spiro atoms. The summed E-state index contributed by atoms with van der Waals surface area (Å²) in [5.41, 5.74) is 1.12. The number of nitrogens with zero attached hydrogens (tertiary/aromatic N) is 2. The van der Waals surface area contributed by atoms with E-state index in [1.807, 2.05) is 18.3 Å². The first kappa shape index (κ1) is 16.7. The van der Waals surface area contributed by atoms with Crippen LogP contribution >= 0.6 is 0 Å². The Balaban J connectivity index is 1.47. The summed E-state index contributed by atoms with van der Waals surface area (Å²) < 4.78 is 32.3. The number of hydrogen-bond acceptors (Lipinski definition) is 5. The fraction of sp³-hybridized carbons (Fsp3) is 0.688. The number of hydrogen-bond donors (Lipinski definition) is 1. The van der Waals surface area contributed by atoms with Crippen LogP contribution in [0.3, 0.4) is 0 Å². The standard InChI is InChI=1S/C16H25N3O3S/c1-2-9-22-16-6-3-13(10-17-16)11-19-8-7-14(12-19)18-23(20,21)15-4-5-15/h3,6,10,14-15,18H,2,4-5,7-9,11-12H2,1H3/t14-/m0/s1. The largest absolute Gasteiger partial charge is 0.478 e. The predicted molar refractivity (Wildman–Crippen MR) is 88.8 cm³/mol. The summed E-state index contributed by atoms with van der Waals surface area (Å²) in [6.07, 6.45) is 5.30. The monoisotopic (exact) mass is 339 g/mol. The number of rotatable bonds is 8. The number of likely N-dealkylation sites (tertiary alicyclic amines) is 1. The highest BCUT2D eigenvalue weighted by Gasteiger charge is 2.38. The lowest BCUT2D eigenvalue weighted by Gasteiger charge is -2.17. The van der Waals surface area contributed by atoms with Gasteiger partial charge in [0, 0.05) is 37.9 Å². The Labute approximate surface area is 138 Å². The Hall–Kier alpha value is -1.18. The Bertz CT molecular complexity index is 614. The number of ether oxygens (including phenoxy) is 1. The quantitative estimate of drug-likeness (QED) is 0.778. The van der Waals surface area contributed by atoms with Crippen LogP contribution in [0, 0.1) is 0 Å². The van der Waals surface area contributed by atoms with E-state index >= 15 is 0 Å². The van der Waals surface area contributed by atoms with Crippen LogP contribution < -0.4 is 9.46 Å². The van der Waals surface area contributed by atoms with Gasteiger partial charge in [-0.25, -0.2) is 18.1 Å². The number of pyridine rings is 1. The van der Waals surface area contributed by atoms with Crippen molar-refractivity contribution < 1.29 is 13.2 Å². The summed E-state index contributed by atoms with van der Waals surface area (Å²) in [6.45, 7) is 5.21. The highest BCUT2D eigenvalue weighted by molar-refractivity contribution is 7.90. The topological polar surface area (TPSA) is 71.5 Å². The molecule has 0 bridgehead atoms. The first-order chi connectivity index (χ1) is 11.1. The van der Waals surface area contributed by atoms with Crippen molar-refractivity contribution in [3.8, 4) is 5.88 Å². The van der Waals surface area contributed by atoms with E-state index < -0.39 is 10.0 Å². The van der Waals surface area contributed by atoms with Gasteiger partial charge in [-0.05, 0) is 31.2 Å². The van der Waals surface area contributed by atoms with E-state index in [0.29, 0.717) is 12.5 Å². The second-order valence-electron chi connectivity index (χ2n) is 6.44. The van der Waals surface area contributed by atoms with Crippen LogP contribution in [0.25, 0.3) is 0 Å².